The average Bonchev–Trinajstić information content (AvgIpc) is 2.31. The lowest BCUT2D eigenvalue weighted by atomic mass is 10.1. The lowest BCUT2D eigenvalue weighted by Gasteiger charge is -2.02. The number of ether oxygens (including phenoxy) is 1. The number of nitrogen functional groups attached to an aromatic ring is 1. The zero-order valence-electron chi connectivity index (χ0n) is 10.3. The minimum absolute atomic E-state index is 0.149. The summed E-state index contributed by atoms with van der Waals surface area (Å²) in [5, 5.41) is 0. The highest BCUT2D eigenvalue weighted by molar-refractivity contribution is 5.69. The van der Waals surface area contributed by atoms with Gasteiger partial charge in [0.15, 0.2) is 0 Å². The molecule has 1 aromatic carbocycles. The van der Waals surface area contributed by atoms with Crippen molar-refractivity contribution in [3.63, 3.8) is 0 Å². The number of esters is 1. The van der Waals surface area contributed by atoms with E-state index in [1.165, 1.54) is 0 Å². The second kappa shape index (κ2) is 8.77. The number of carbonyl (C=O) groups is 1. The summed E-state index contributed by atoms with van der Waals surface area (Å²) < 4.78 is 4.82. The van der Waals surface area contributed by atoms with Crippen LogP contribution in [0, 0.1) is 0 Å². The first-order valence-electron chi connectivity index (χ1n) is 5.72. The molecule has 0 fully saturated rings. The van der Waals surface area contributed by atoms with Crippen LogP contribution in [-0.4, -0.2) is 12.6 Å². The number of aryl methyl sites for hydroxylation is 1. The molecule has 0 heterocycles. The molecule has 90 valence electrons. The number of hydrogen-bond donors (Lipinski definition) is 1. The summed E-state index contributed by atoms with van der Waals surface area (Å²) in [5.41, 5.74) is 7.38. The van der Waals surface area contributed by atoms with Gasteiger partial charge in [0.1, 0.15) is 0 Å². The number of rotatable bonds is 4. The fourth-order valence-electron chi connectivity index (χ4n) is 1.16. The number of anilines is 1. The van der Waals surface area contributed by atoms with Crippen LogP contribution >= 0.6 is 0 Å². The van der Waals surface area contributed by atoms with Crippen molar-refractivity contribution in [3.05, 3.63) is 29.8 Å². The molecule has 0 saturated heterocycles. The molecule has 0 aliphatic carbocycles. The minimum Gasteiger partial charge on any atom is -0.466 e. The largest absolute Gasteiger partial charge is 0.466 e. The quantitative estimate of drug-likeness (QED) is 0.630. The summed E-state index contributed by atoms with van der Waals surface area (Å²) in [6, 6.07) is 7.52. The molecule has 0 aliphatic rings. The number of carbonyl (C=O) groups excluding carboxylic acids is 1. The first-order valence-corrected chi connectivity index (χ1v) is 5.72. The van der Waals surface area contributed by atoms with E-state index in [2.05, 4.69) is 0 Å². The molecule has 1 rings (SSSR count). The first kappa shape index (κ1) is 14.5. The average molecular weight is 223 g/mol. The van der Waals surface area contributed by atoms with E-state index in [1.807, 2.05) is 38.1 Å². The Morgan fingerprint density at radius 1 is 1.25 bits per heavy atom. The van der Waals surface area contributed by atoms with Crippen LogP contribution in [0.5, 0.6) is 0 Å². The summed E-state index contributed by atoms with van der Waals surface area (Å²) in [5.74, 6) is -0.149. The predicted molar refractivity (Wildman–Crippen MR) is 67.2 cm³/mol. The fraction of sp³-hybridized carbons (Fsp3) is 0.462. The Labute approximate surface area is 97.6 Å². The van der Waals surface area contributed by atoms with E-state index in [0.717, 1.165) is 11.3 Å². The summed E-state index contributed by atoms with van der Waals surface area (Å²) in [7, 11) is 0. The van der Waals surface area contributed by atoms with Crippen molar-refractivity contribution in [2.75, 3.05) is 12.3 Å². The van der Waals surface area contributed by atoms with Gasteiger partial charge in [-0.2, -0.15) is 0 Å². The summed E-state index contributed by atoms with van der Waals surface area (Å²) in [6.07, 6.45) is 1.14. The second-order valence-corrected chi connectivity index (χ2v) is 3.05. The highest BCUT2D eigenvalue weighted by Crippen LogP contribution is 2.07. The molecule has 0 atom stereocenters. The third-order valence-corrected chi connectivity index (χ3v) is 1.90. The molecule has 3 heteroatoms. The highest BCUT2D eigenvalue weighted by Gasteiger charge is 2.01. The van der Waals surface area contributed by atoms with Crippen LogP contribution in [0.15, 0.2) is 24.3 Å². The molecule has 0 aromatic heterocycles. The number of benzene rings is 1. The van der Waals surface area contributed by atoms with Gasteiger partial charge in [0.05, 0.1) is 6.61 Å². The van der Waals surface area contributed by atoms with Crippen molar-refractivity contribution in [2.45, 2.75) is 33.6 Å². The van der Waals surface area contributed by atoms with Crippen LogP contribution in [-0.2, 0) is 16.0 Å². The minimum atomic E-state index is -0.149. The lowest BCUT2D eigenvalue weighted by molar-refractivity contribution is -0.143. The van der Waals surface area contributed by atoms with E-state index >= 15 is 0 Å². The van der Waals surface area contributed by atoms with Crippen molar-refractivity contribution < 1.29 is 9.53 Å². The van der Waals surface area contributed by atoms with E-state index in [-0.39, 0.29) is 5.97 Å². The van der Waals surface area contributed by atoms with Gasteiger partial charge in [0.2, 0.25) is 0 Å². The molecule has 0 amide bonds. The van der Waals surface area contributed by atoms with Crippen molar-refractivity contribution in [1.82, 2.24) is 0 Å². The van der Waals surface area contributed by atoms with Gasteiger partial charge in [-0.05, 0) is 31.0 Å². The number of hydrogen-bond acceptors (Lipinski definition) is 3. The molecule has 0 unspecified atom stereocenters. The Hall–Kier alpha value is -1.51. The Bertz CT molecular complexity index is 293. The first-order chi connectivity index (χ1) is 7.72. The van der Waals surface area contributed by atoms with Gasteiger partial charge in [-0.1, -0.05) is 26.0 Å². The van der Waals surface area contributed by atoms with Gasteiger partial charge in [0.25, 0.3) is 0 Å². The predicted octanol–water partition coefficient (Wildman–Crippen LogP) is 2.79. The third kappa shape index (κ3) is 6.06. The molecular formula is C13H21NO2. The zero-order valence-corrected chi connectivity index (χ0v) is 10.3. The molecule has 16 heavy (non-hydrogen) atoms. The topological polar surface area (TPSA) is 52.3 Å². The normalized spacial score (nSPS) is 8.94. The van der Waals surface area contributed by atoms with Crippen LogP contribution in [0.3, 0.4) is 0 Å². The summed E-state index contributed by atoms with van der Waals surface area (Å²) in [4.78, 5) is 11.0. The molecule has 2 N–H and O–H groups in total. The Morgan fingerprint density at radius 3 is 2.31 bits per heavy atom. The number of nitrogens with two attached hydrogens (primary N) is 1. The fourth-order valence-corrected chi connectivity index (χ4v) is 1.16. The highest BCUT2D eigenvalue weighted by atomic mass is 16.5. The monoisotopic (exact) mass is 223 g/mol. The van der Waals surface area contributed by atoms with E-state index in [9.17, 15) is 4.79 Å². The molecule has 0 radical (unpaired) electrons. The Morgan fingerprint density at radius 2 is 1.81 bits per heavy atom. The van der Waals surface area contributed by atoms with Crippen molar-refractivity contribution in [2.24, 2.45) is 0 Å². The summed E-state index contributed by atoms with van der Waals surface area (Å²) >= 11 is 0. The van der Waals surface area contributed by atoms with E-state index in [1.54, 1.807) is 6.92 Å². The Balaban J connectivity index is 0.00000106. The lowest BCUT2D eigenvalue weighted by Crippen LogP contribution is -2.05. The third-order valence-electron chi connectivity index (χ3n) is 1.90. The van der Waals surface area contributed by atoms with Crippen LogP contribution in [0.1, 0.15) is 32.8 Å². The molecule has 0 spiro atoms. The molecular weight excluding hydrogens is 202 g/mol. The zero-order chi connectivity index (χ0) is 12.4. The van der Waals surface area contributed by atoms with Crippen molar-refractivity contribution in [1.29, 1.82) is 0 Å². The van der Waals surface area contributed by atoms with Gasteiger partial charge in [-0.15, -0.1) is 0 Å². The molecule has 0 bridgehead atoms. The van der Waals surface area contributed by atoms with Crippen molar-refractivity contribution in [3.8, 4) is 0 Å². The van der Waals surface area contributed by atoms with Gasteiger partial charge < -0.3 is 10.5 Å². The van der Waals surface area contributed by atoms with Gasteiger partial charge >= 0.3 is 5.97 Å². The molecule has 1 aromatic rings. The van der Waals surface area contributed by atoms with Crippen LogP contribution < -0.4 is 5.73 Å². The van der Waals surface area contributed by atoms with Crippen LogP contribution in [0.25, 0.3) is 0 Å². The molecule has 3 nitrogen and oxygen atoms in total. The SMILES string of the molecule is CC.CCOC(=O)CCc1ccc(N)cc1. The maximum Gasteiger partial charge on any atom is 0.306 e. The van der Waals surface area contributed by atoms with Crippen LogP contribution in [0.2, 0.25) is 0 Å². The second-order valence-electron chi connectivity index (χ2n) is 3.05. The van der Waals surface area contributed by atoms with E-state index in [4.69, 9.17) is 10.5 Å². The van der Waals surface area contributed by atoms with Gasteiger partial charge in [-0.3, -0.25) is 4.79 Å². The maximum absolute atomic E-state index is 11.0. The van der Waals surface area contributed by atoms with Crippen LogP contribution in [0.4, 0.5) is 5.69 Å². The van der Waals surface area contributed by atoms with E-state index in [0.29, 0.717) is 19.4 Å². The maximum atomic E-state index is 11.0. The standard InChI is InChI=1S/C11H15NO2.C2H6/c1-2-14-11(13)8-5-9-3-6-10(12)7-4-9;1-2/h3-4,6-7H,2,5,8,12H2,1H3;1-2H3. The Kier molecular flexibility index (Phi) is 7.94. The van der Waals surface area contributed by atoms with E-state index < -0.39 is 0 Å². The van der Waals surface area contributed by atoms with Crippen molar-refractivity contribution >= 4 is 11.7 Å². The summed E-state index contributed by atoms with van der Waals surface area (Å²) in [6.45, 7) is 6.25. The van der Waals surface area contributed by atoms with Gasteiger partial charge in [0, 0.05) is 12.1 Å². The van der Waals surface area contributed by atoms with Gasteiger partial charge in [-0.25, -0.2) is 0 Å². The molecule has 0 saturated carbocycles. The molecule has 0 aliphatic heterocycles. The smallest absolute Gasteiger partial charge is 0.306 e.